The summed E-state index contributed by atoms with van der Waals surface area (Å²) in [5.74, 6) is 1.14. The van der Waals surface area contributed by atoms with E-state index in [2.05, 4.69) is 28.7 Å². The fourth-order valence-electron chi connectivity index (χ4n) is 4.87. The maximum atomic E-state index is 13.2. The van der Waals surface area contributed by atoms with Crippen LogP contribution in [-0.4, -0.2) is 28.6 Å². The Hall–Kier alpha value is -2.05. The number of anilines is 1. The third-order valence-electron chi connectivity index (χ3n) is 6.66. The van der Waals surface area contributed by atoms with Crippen molar-refractivity contribution in [2.24, 2.45) is 5.92 Å². The van der Waals surface area contributed by atoms with Crippen LogP contribution in [0.5, 0.6) is 5.75 Å². The van der Waals surface area contributed by atoms with Crippen LogP contribution in [0.2, 0.25) is 0 Å². The molecule has 0 radical (unpaired) electrons. The van der Waals surface area contributed by atoms with E-state index in [1.807, 2.05) is 31.2 Å². The summed E-state index contributed by atoms with van der Waals surface area (Å²) >= 11 is 0. The van der Waals surface area contributed by atoms with Gasteiger partial charge in [-0.1, -0.05) is 19.1 Å². The smallest absolute Gasteiger partial charge is 0.244 e. The fraction of sp³-hybridized carbons (Fsp3) is 0.520. The molecule has 2 atom stereocenters. The number of nitrogens with one attached hydrogen (secondary N) is 1. The molecule has 1 fully saturated rings. The number of sulfonamides is 1. The number of nitrogens with zero attached hydrogens (tertiary/aromatic N) is 1. The van der Waals surface area contributed by atoms with E-state index in [0.717, 1.165) is 49.9 Å². The van der Waals surface area contributed by atoms with E-state index < -0.39 is 10.0 Å². The highest BCUT2D eigenvalue weighted by Gasteiger charge is 2.25. The van der Waals surface area contributed by atoms with Crippen LogP contribution in [0.3, 0.4) is 0 Å². The largest absolute Gasteiger partial charge is 0.495 e. The quantitative estimate of drug-likeness (QED) is 0.695. The minimum Gasteiger partial charge on any atom is -0.495 e. The Balaban J connectivity index is 1.52. The maximum Gasteiger partial charge on any atom is 0.244 e. The van der Waals surface area contributed by atoms with E-state index in [-0.39, 0.29) is 10.9 Å². The van der Waals surface area contributed by atoms with Gasteiger partial charge in [0, 0.05) is 24.8 Å². The molecule has 1 aliphatic heterocycles. The van der Waals surface area contributed by atoms with Gasteiger partial charge in [-0.15, -0.1) is 0 Å². The highest BCUT2D eigenvalue weighted by atomic mass is 32.2. The van der Waals surface area contributed by atoms with Crippen LogP contribution in [0.4, 0.5) is 5.69 Å². The lowest BCUT2D eigenvalue weighted by Gasteiger charge is -2.33. The highest BCUT2D eigenvalue weighted by Crippen LogP contribution is 2.33. The number of hydrogen-bond donors (Lipinski definition) is 1. The Labute approximate surface area is 186 Å². The van der Waals surface area contributed by atoms with Crippen LogP contribution in [0.1, 0.15) is 62.3 Å². The summed E-state index contributed by atoms with van der Waals surface area (Å²) in [6, 6.07) is 11.7. The van der Waals surface area contributed by atoms with Gasteiger partial charge >= 0.3 is 0 Å². The molecule has 31 heavy (non-hydrogen) atoms. The molecule has 0 unspecified atom stereocenters. The van der Waals surface area contributed by atoms with Gasteiger partial charge in [0.1, 0.15) is 10.6 Å². The van der Waals surface area contributed by atoms with Crippen molar-refractivity contribution in [3.8, 4) is 5.75 Å². The second-order valence-electron chi connectivity index (χ2n) is 9.11. The van der Waals surface area contributed by atoms with Crippen LogP contribution < -0.4 is 14.4 Å². The van der Waals surface area contributed by atoms with Crippen molar-refractivity contribution >= 4 is 15.7 Å². The normalized spacial score (nSPS) is 20.2. The lowest BCUT2D eigenvalue weighted by Crippen LogP contribution is -2.34. The third kappa shape index (κ3) is 4.90. The van der Waals surface area contributed by atoms with Crippen molar-refractivity contribution in [1.82, 2.24) is 4.72 Å². The number of hydrogen-bond acceptors (Lipinski definition) is 4. The fourth-order valence-corrected chi connectivity index (χ4v) is 6.31. The number of benzene rings is 2. The summed E-state index contributed by atoms with van der Waals surface area (Å²) in [6.45, 7) is 6.36. The molecule has 168 valence electrons. The van der Waals surface area contributed by atoms with E-state index in [1.54, 1.807) is 0 Å². The highest BCUT2D eigenvalue weighted by molar-refractivity contribution is 7.89. The molecule has 2 aromatic rings. The van der Waals surface area contributed by atoms with Gasteiger partial charge in [0.25, 0.3) is 0 Å². The molecule has 1 heterocycles. The molecule has 0 bridgehead atoms. The molecule has 0 aromatic heterocycles. The topological polar surface area (TPSA) is 58.6 Å². The predicted molar refractivity (Wildman–Crippen MR) is 125 cm³/mol. The van der Waals surface area contributed by atoms with Gasteiger partial charge in [0.2, 0.25) is 10.0 Å². The van der Waals surface area contributed by atoms with Crippen LogP contribution in [0.15, 0.2) is 41.3 Å². The average molecular weight is 443 g/mol. The molecule has 6 heteroatoms. The molecule has 2 aliphatic rings. The maximum absolute atomic E-state index is 13.2. The van der Waals surface area contributed by atoms with Gasteiger partial charge in [-0.05, 0) is 92.3 Å². The lowest BCUT2D eigenvalue weighted by molar-refractivity contribution is 0.400. The van der Waals surface area contributed by atoms with Crippen molar-refractivity contribution in [2.45, 2.75) is 63.3 Å². The first-order valence-corrected chi connectivity index (χ1v) is 12.9. The van der Waals surface area contributed by atoms with E-state index in [9.17, 15) is 8.42 Å². The molecule has 1 saturated heterocycles. The second kappa shape index (κ2) is 9.21. The molecule has 2 aromatic carbocycles. The molecule has 0 saturated carbocycles. The zero-order chi connectivity index (χ0) is 22.0. The predicted octanol–water partition coefficient (Wildman–Crippen LogP) is 4.85. The zero-order valence-electron chi connectivity index (χ0n) is 18.9. The molecule has 4 rings (SSSR count). The summed E-state index contributed by atoms with van der Waals surface area (Å²) in [5.41, 5.74) is 4.49. The van der Waals surface area contributed by atoms with Crippen molar-refractivity contribution in [2.75, 3.05) is 25.1 Å². The molecule has 1 N–H and O–H groups in total. The second-order valence-corrected chi connectivity index (χ2v) is 10.8. The lowest BCUT2D eigenvalue weighted by atomic mass is 9.92. The van der Waals surface area contributed by atoms with Crippen molar-refractivity contribution in [3.05, 3.63) is 53.1 Å². The van der Waals surface area contributed by atoms with Crippen molar-refractivity contribution in [1.29, 1.82) is 0 Å². The van der Waals surface area contributed by atoms with Gasteiger partial charge in [-0.2, -0.15) is 0 Å². The molecular weight excluding hydrogens is 408 g/mol. The van der Waals surface area contributed by atoms with Crippen molar-refractivity contribution < 1.29 is 13.2 Å². The van der Waals surface area contributed by atoms with E-state index >= 15 is 0 Å². The first-order valence-electron chi connectivity index (χ1n) is 11.4. The molecule has 5 nitrogen and oxygen atoms in total. The van der Waals surface area contributed by atoms with Crippen LogP contribution >= 0.6 is 0 Å². The summed E-state index contributed by atoms with van der Waals surface area (Å²) in [7, 11) is -2.17. The third-order valence-corrected chi connectivity index (χ3v) is 8.23. The van der Waals surface area contributed by atoms with Gasteiger partial charge in [-0.3, -0.25) is 0 Å². The van der Waals surface area contributed by atoms with Gasteiger partial charge in [-0.25, -0.2) is 13.1 Å². The number of methoxy groups -OCH3 is 1. The Morgan fingerprint density at radius 1 is 1.06 bits per heavy atom. The molecule has 0 spiro atoms. The Morgan fingerprint density at radius 2 is 1.74 bits per heavy atom. The van der Waals surface area contributed by atoms with Gasteiger partial charge in [0.05, 0.1) is 7.11 Å². The van der Waals surface area contributed by atoms with Crippen LogP contribution in [0.25, 0.3) is 0 Å². The monoisotopic (exact) mass is 442 g/mol. The van der Waals surface area contributed by atoms with Gasteiger partial charge < -0.3 is 9.64 Å². The number of piperidine rings is 1. The average Bonchev–Trinajstić information content (AvgIpc) is 2.78. The first-order chi connectivity index (χ1) is 14.9. The molecular formula is C25H34N2O3S. The first kappa shape index (κ1) is 22.2. The van der Waals surface area contributed by atoms with Gasteiger partial charge in [0.15, 0.2) is 0 Å². The van der Waals surface area contributed by atoms with E-state index in [1.165, 1.54) is 31.2 Å². The standard InChI is InChI=1S/C25H34N2O3S/c1-18-7-6-14-27(17-18)23-12-10-20(11-13-23)19(2)26-31(28,29)25-16-22-9-5-4-8-21(22)15-24(25)30-3/h10-13,15-16,18-19,26H,4-9,14,17H2,1-3H3/t18-,19-/m1/s1. The van der Waals surface area contributed by atoms with Crippen LogP contribution in [-0.2, 0) is 22.9 Å². The minimum absolute atomic E-state index is 0.237. The Bertz CT molecular complexity index is 1020. The minimum atomic E-state index is -3.71. The Kier molecular flexibility index (Phi) is 6.58. The van der Waals surface area contributed by atoms with Crippen LogP contribution in [0, 0.1) is 5.92 Å². The number of aryl methyl sites for hydroxylation is 2. The zero-order valence-corrected chi connectivity index (χ0v) is 19.7. The SMILES string of the molecule is COc1cc2c(cc1S(=O)(=O)N[C@H](C)c1ccc(N3CCC[C@@H](C)C3)cc1)CCCC2. The number of rotatable bonds is 6. The Morgan fingerprint density at radius 3 is 2.39 bits per heavy atom. The number of fused-ring (bicyclic) bond motifs is 1. The summed E-state index contributed by atoms with van der Waals surface area (Å²) in [4.78, 5) is 2.66. The van der Waals surface area contributed by atoms with E-state index in [4.69, 9.17) is 4.74 Å². The molecule has 1 aliphatic carbocycles. The number of ether oxygens (including phenoxy) is 1. The summed E-state index contributed by atoms with van der Waals surface area (Å²) in [5, 5.41) is 0. The van der Waals surface area contributed by atoms with Crippen molar-refractivity contribution in [3.63, 3.8) is 0 Å². The van der Waals surface area contributed by atoms with E-state index in [0.29, 0.717) is 11.7 Å². The molecule has 0 amide bonds. The summed E-state index contributed by atoms with van der Waals surface area (Å²) < 4.78 is 34.8. The summed E-state index contributed by atoms with van der Waals surface area (Å²) in [6.07, 6.45) is 6.67.